The second-order valence-corrected chi connectivity index (χ2v) is 13.6. The van der Waals surface area contributed by atoms with Gasteiger partial charge in [-0.3, -0.25) is 0 Å². The summed E-state index contributed by atoms with van der Waals surface area (Å²) in [5.74, 6) is 5.99. The lowest BCUT2D eigenvalue weighted by atomic mass is 9.60. The lowest BCUT2D eigenvalue weighted by Gasteiger charge is -2.44. The Morgan fingerprint density at radius 2 is 0.933 bits per heavy atom. The Bertz CT molecular complexity index is 1370. The number of anilines is 2. The van der Waals surface area contributed by atoms with Gasteiger partial charge in [-0.25, -0.2) is 0 Å². The molecule has 0 radical (unpaired) electrons. The molecule has 2 aliphatic rings. The molecule has 0 amide bonds. The fourth-order valence-electron chi connectivity index (χ4n) is 8.01. The van der Waals surface area contributed by atoms with Crippen LogP contribution in [0.2, 0.25) is 0 Å². The lowest BCUT2D eigenvalue weighted by Crippen LogP contribution is -2.35. The number of unbranched alkanes of at least 4 members (excludes halogenated alkanes) is 2. The molecule has 0 unspecified atom stereocenters. The standard InChI is InChI=1S/C41H50N2O2/c1-2-3-4-5-30-6-8-31(9-7-30)32-26-28-41(29-27-32,33-10-18-37(19-11-33)44-39-22-14-35(42)15-23-39)34-12-20-38(21-13-34)45-40-24-16-36(43)17-25-40/h10-25,30-32H,2-9,26-29,42-43H2,1H3/t30-,31-. The molecule has 0 heterocycles. The summed E-state index contributed by atoms with van der Waals surface area (Å²) in [4.78, 5) is 0. The Balaban J connectivity index is 1.18. The van der Waals surface area contributed by atoms with E-state index in [4.69, 9.17) is 20.9 Å². The fraction of sp³-hybridized carbons (Fsp3) is 0.415. The van der Waals surface area contributed by atoms with Crippen LogP contribution in [0.4, 0.5) is 11.4 Å². The van der Waals surface area contributed by atoms with E-state index in [-0.39, 0.29) is 5.41 Å². The summed E-state index contributed by atoms with van der Waals surface area (Å²) >= 11 is 0. The molecule has 4 aromatic rings. The number of benzene rings is 4. The molecule has 0 atom stereocenters. The van der Waals surface area contributed by atoms with E-state index in [0.29, 0.717) is 0 Å². The Hall–Kier alpha value is -3.92. The number of nitrogen functional groups attached to an aromatic ring is 2. The normalized spacial score (nSPS) is 20.0. The molecule has 2 saturated carbocycles. The third-order valence-electron chi connectivity index (χ3n) is 10.7. The smallest absolute Gasteiger partial charge is 0.127 e. The SMILES string of the molecule is CCCCC[C@H]1CC[C@H](C2CCC(c3ccc(Oc4ccc(N)cc4)cc3)(c3ccc(Oc4ccc(N)cc4)cc3)CC2)CC1. The maximum atomic E-state index is 6.15. The molecule has 0 saturated heterocycles. The van der Waals surface area contributed by atoms with E-state index < -0.39 is 0 Å². The molecule has 0 aromatic heterocycles. The largest absolute Gasteiger partial charge is 0.457 e. The highest BCUT2D eigenvalue weighted by atomic mass is 16.5. The molecule has 2 aliphatic carbocycles. The lowest BCUT2D eigenvalue weighted by molar-refractivity contribution is 0.140. The molecule has 4 N–H and O–H groups in total. The zero-order valence-electron chi connectivity index (χ0n) is 26.9. The molecule has 4 nitrogen and oxygen atoms in total. The summed E-state index contributed by atoms with van der Waals surface area (Å²) in [5.41, 5.74) is 15.9. The van der Waals surface area contributed by atoms with Crippen LogP contribution in [0.25, 0.3) is 0 Å². The van der Waals surface area contributed by atoms with Crippen molar-refractivity contribution in [2.45, 2.75) is 89.4 Å². The van der Waals surface area contributed by atoms with E-state index in [0.717, 1.165) is 52.1 Å². The van der Waals surface area contributed by atoms with Crippen LogP contribution >= 0.6 is 0 Å². The third kappa shape index (κ3) is 7.66. The van der Waals surface area contributed by atoms with Gasteiger partial charge in [0.25, 0.3) is 0 Å². The van der Waals surface area contributed by atoms with Gasteiger partial charge in [0.1, 0.15) is 23.0 Å². The predicted octanol–water partition coefficient (Wildman–Crippen LogP) is 11.3. The van der Waals surface area contributed by atoms with Crippen LogP contribution in [0.3, 0.4) is 0 Å². The van der Waals surface area contributed by atoms with E-state index in [1.807, 2.05) is 48.5 Å². The zero-order chi connectivity index (χ0) is 31.1. The van der Waals surface area contributed by atoms with Crippen LogP contribution in [0.15, 0.2) is 97.1 Å². The van der Waals surface area contributed by atoms with Gasteiger partial charge in [0.2, 0.25) is 0 Å². The minimum Gasteiger partial charge on any atom is -0.457 e. The maximum absolute atomic E-state index is 6.15. The van der Waals surface area contributed by atoms with Crippen molar-refractivity contribution in [1.29, 1.82) is 0 Å². The van der Waals surface area contributed by atoms with Crippen LogP contribution in [-0.2, 0) is 5.41 Å². The molecule has 45 heavy (non-hydrogen) atoms. The number of rotatable bonds is 11. The second-order valence-electron chi connectivity index (χ2n) is 13.6. The molecule has 6 rings (SSSR count). The topological polar surface area (TPSA) is 70.5 Å². The molecular weight excluding hydrogens is 552 g/mol. The highest BCUT2D eigenvalue weighted by Crippen LogP contribution is 2.51. The fourth-order valence-corrected chi connectivity index (χ4v) is 8.01. The van der Waals surface area contributed by atoms with Gasteiger partial charge in [0, 0.05) is 16.8 Å². The van der Waals surface area contributed by atoms with Gasteiger partial charge in [0.05, 0.1) is 0 Å². The summed E-state index contributed by atoms with van der Waals surface area (Å²) < 4.78 is 12.3. The highest BCUT2D eigenvalue weighted by molar-refractivity contribution is 5.47. The summed E-state index contributed by atoms with van der Waals surface area (Å²) in [5, 5.41) is 0. The van der Waals surface area contributed by atoms with Crippen molar-refractivity contribution in [1.82, 2.24) is 0 Å². The van der Waals surface area contributed by atoms with Crippen LogP contribution in [-0.4, -0.2) is 0 Å². The van der Waals surface area contributed by atoms with E-state index in [9.17, 15) is 0 Å². The molecule has 0 bridgehead atoms. The van der Waals surface area contributed by atoms with Gasteiger partial charge >= 0.3 is 0 Å². The second kappa shape index (κ2) is 14.5. The van der Waals surface area contributed by atoms with E-state index >= 15 is 0 Å². The number of hydrogen-bond acceptors (Lipinski definition) is 4. The molecule has 4 heteroatoms. The van der Waals surface area contributed by atoms with Crippen molar-refractivity contribution in [3.63, 3.8) is 0 Å². The van der Waals surface area contributed by atoms with E-state index in [1.165, 1.54) is 88.2 Å². The van der Waals surface area contributed by atoms with Gasteiger partial charge in [-0.15, -0.1) is 0 Å². The average molecular weight is 603 g/mol. The predicted molar refractivity (Wildman–Crippen MR) is 187 cm³/mol. The Labute approximate surface area is 270 Å². The number of hydrogen-bond donors (Lipinski definition) is 2. The van der Waals surface area contributed by atoms with Crippen molar-refractivity contribution in [2.75, 3.05) is 11.5 Å². The van der Waals surface area contributed by atoms with Crippen molar-refractivity contribution in [3.05, 3.63) is 108 Å². The van der Waals surface area contributed by atoms with E-state index in [1.54, 1.807) is 0 Å². The number of ether oxygens (including phenoxy) is 2. The summed E-state index contributed by atoms with van der Waals surface area (Å²) in [6.07, 6.45) is 16.3. The third-order valence-corrected chi connectivity index (χ3v) is 10.7. The number of nitrogens with two attached hydrogens (primary N) is 2. The first-order chi connectivity index (χ1) is 22.0. The van der Waals surface area contributed by atoms with Gasteiger partial charge in [0.15, 0.2) is 0 Å². The quantitative estimate of drug-likeness (QED) is 0.132. The van der Waals surface area contributed by atoms with Crippen molar-refractivity contribution in [3.8, 4) is 23.0 Å². The van der Waals surface area contributed by atoms with E-state index in [2.05, 4.69) is 55.5 Å². The van der Waals surface area contributed by atoms with Gasteiger partial charge in [-0.05, 0) is 140 Å². The van der Waals surface area contributed by atoms with Gasteiger partial charge < -0.3 is 20.9 Å². The molecule has 0 spiro atoms. The average Bonchev–Trinajstić information content (AvgIpc) is 3.08. The first-order valence-electron chi connectivity index (χ1n) is 17.3. The minimum absolute atomic E-state index is 0.0205. The molecule has 2 fully saturated rings. The van der Waals surface area contributed by atoms with Gasteiger partial charge in [-0.1, -0.05) is 69.7 Å². The monoisotopic (exact) mass is 602 g/mol. The molecule has 4 aromatic carbocycles. The molecule has 0 aliphatic heterocycles. The molecular formula is C41H50N2O2. The van der Waals surface area contributed by atoms with Crippen LogP contribution in [0, 0.1) is 17.8 Å². The Morgan fingerprint density at radius 1 is 0.533 bits per heavy atom. The highest BCUT2D eigenvalue weighted by Gasteiger charge is 2.41. The minimum atomic E-state index is -0.0205. The Kier molecular flexibility index (Phi) is 9.98. The summed E-state index contributed by atoms with van der Waals surface area (Å²) in [6.45, 7) is 2.31. The molecule has 236 valence electrons. The maximum Gasteiger partial charge on any atom is 0.127 e. The zero-order valence-corrected chi connectivity index (χ0v) is 26.9. The summed E-state index contributed by atoms with van der Waals surface area (Å²) in [7, 11) is 0. The van der Waals surface area contributed by atoms with Crippen LogP contribution in [0.1, 0.15) is 95.1 Å². The van der Waals surface area contributed by atoms with Gasteiger partial charge in [-0.2, -0.15) is 0 Å². The first-order valence-corrected chi connectivity index (χ1v) is 17.3. The van der Waals surface area contributed by atoms with Crippen molar-refractivity contribution >= 4 is 11.4 Å². The summed E-state index contributed by atoms with van der Waals surface area (Å²) in [6, 6.07) is 32.8. The Morgan fingerprint density at radius 3 is 1.36 bits per heavy atom. The van der Waals surface area contributed by atoms with Crippen molar-refractivity contribution < 1.29 is 9.47 Å². The van der Waals surface area contributed by atoms with Crippen molar-refractivity contribution in [2.24, 2.45) is 17.8 Å². The van der Waals surface area contributed by atoms with Crippen LogP contribution in [0.5, 0.6) is 23.0 Å². The first kappa shape index (κ1) is 31.1. The van der Waals surface area contributed by atoms with Crippen LogP contribution < -0.4 is 20.9 Å².